The summed E-state index contributed by atoms with van der Waals surface area (Å²) in [6.07, 6.45) is -1.56. The lowest BCUT2D eigenvalue weighted by Crippen LogP contribution is -2.08. The van der Waals surface area contributed by atoms with Gasteiger partial charge in [-0.05, 0) is 30.3 Å². The average Bonchev–Trinajstić information content (AvgIpc) is 3.17. The summed E-state index contributed by atoms with van der Waals surface area (Å²) in [5.41, 5.74) is -0.0849. The molecule has 8 nitrogen and oxygen atoms in total. The predicted molar refractivity (Wildman–Crippen MR) is 89.6 cm³/mol. The van der Waals surface area contributed by atoms with Crippen LogP contribution in [-0.2, 0) is 0 Å². The van der Waals surface area contributed by atoms with Gasteiger partial charge in [0.1, 0.15) is 5.69 Å². The van der Waals surface area contributed by atoms with E-state index in [1.165, 1.54) is 26.5 Å². The number of hydrogen-bond donors (Lipinski definition) is 1. The summed E-state index contributed by atoms with van der Waals surface area (Å²) < 4.78 is 38.0. The molecule has 0 unspecified atom stereocenters. The maximum Gasteiger partial charge on any atom is 0.356 e. The Kier molecular flexibility index (Phi) is 4.97. The highest BCUT2D eigenvalue weighted by molar-refractivity contribution is 5.85. The molecule has 0 amide bonds. The molecule has 0 saturated heterocycles. The number of carbonyl (C=O) groups is 1. The van der Waals surface area contributed by atoms with E-state index in [9.17, 15) is 13.6 Å². The minimum Gasteiger partial charge on any atom is -0.493 e. The van der Waals surface area contributed by atoms with Gasteiger partial charge in [0.05, 0.1) is 19.9 Å². The standard InChI is InChI=1S/C17H14F2N4O4/c1-26-13-4-3-9(7-14(13)27-2)11-8-12(15(18)19)21-17(20-11)23-6-5-10(22-23)16(24)25/h3-8,15H,1-2H3,(H,24,25). The average molecular weight is 376 g/mol. The van der Waals surface area contributed by atoms with Crippen molar-refractivity contribution in [2.75, 3.05) is 14.2 Å². The van der Waals surface area contributed by atoms with Crippen LogP contribution in [0.3, 0.4) is 0 Å². The van der Waals surface area contributed by atoms with Gasteiger partial charge in [0, 0.05) is 11.8 Å². The van der Waals surface area contributed by atoms with Crippen LogP contribution in [0.4, 0.5) is 8.78 Å². The van der Waals surface area contributed by atoms with Gasteiger partial charge in [-0.2, -0.15) is 5.10 Å². The molecule has 2 aromatic heterocycles. The summed E-state index contributed by atoms with van der Waals surface area (Å²) in [6, 6.07) is 7.21. The smallest absolute Gasteiger partial charge is 0.356 e. The minimum absolute atomic E-state index is 0.176. The summed E-state index contributed by atoms with van der Waals surface area (Å²) in [5.74, 6) is -0.548. The van der Waals surface area contributed by atoms with Crippen molar-refractivity contribution in [3.63, 3.8) is 0 Å². The van der Waals surface area contributed by atoms with Crippen LogP contribution in [0.25, 0.3) is 17.2 Å². The predicted octanol–water partition coefficient (Wildman–Crippen LogP) is 2.98. The van der Waals surface area contributed by atoms with Crippen molar-refractivity contribution in [2.24, 2.45) is 0 Å². The second-order valence-electron chi connectivity index (χ2n) is 5.30. The number of aromatic nitrogens is 4. The van der Waals surface area contributed by atoms with Crippen LogP contribution in [-0.4, -0.2) is 45.0 Å². The molecule has 10 heteroatoms. The molecule has 0 atom stereocenters. The van der Waals surface area contributed by atoms with E-state index in [1.54, 1.807) is 18.2 Å². The first-order valence-electron chi connectivity index (χ1n) is 7.61. The largest absolute Gasteiger partial charge is 0.493 e. The molecule has 0 saturated carbocycles. The van der Waals surface area contributed by atoms with Crippen molar-refractivity contribution in [1.82, 2.24) is 19.7 Å². The molecule has 2 heterocycles. The number of carboxylic acid groups (broad SMARTS) is 1. The van der Waals surface area contributed by atoms with Crippen LogP contribution < -0.4 is 9.47 Å². The molecule has 1 aromatic carbocycles. The number of halogens is 2. The molecule has 0 aliphatic heterocycles. The maximum atomic E-state index is 13.3. The molecule has 0 spiro atoms. The summed E-state index contributed by atoms with van der Waals surface area (Å²) in [4.78, 5) is 19.0. The van der Waals surface area contributed by atoms with Gasteiger partial charge in [0.25, 0.3) is 12.4 Å². The first-order valence-corrected chi connectivity index (χ1v) is 7.61. The zero-order valence-electron chi connectivity index (χ0n) is 14.3. The van der Waals surface area contributed by atoms with Gasteiger partial charge in [-0.1, -0.05) is 0 Å². The molecule has 0 fully saturated rings. The fourth-order valence-corrected chi connectivity index (χ4v) is 2.36. The Bertz CT molecular complexity index is 991. The fourth-order valence-electron chi connectivity index (χ4n) is 2.36. The van der Waals surface area contributed by atoms with Crippen LogP contribution in [0, 0.1) is 0 Å². The number of methoxy groups -OCH3 is 2. The number of rotatable bonds is 6. The normalized spacial score (nSPS) is 10.9. The van der Waals surface area contributed by atoms with Crippen LogP contribution in [0.5, 0.6) is 11.5 Å². The van der Waals surface area contributed by atoms with Gasteiger partial charge < -0.3 is 14.6 Å². The molecular weight excluding hydrogens is 362 g/mol. The molecule has 3 rings (SSSR count). The van der Waals surface area contributed by atoms with Gasteiger partial charge in [-0.25, -0.2) is 28.2 Å². The SMILES string of the molecule is COc1ccc(-c2cc(C(F)F)nc(-n3ccc(C(=O)O)n3)n2)cc1OC. The van der Waals surface area contributed by atoms with E-state index < -0.39 is 18.1 Å². The number of hydrogen-bond acceptors (Lipinski definition) is 6. The Morgan fingerprint density at radius 2 is 1.85 bits per heavy atom. The van der Waals surface area contributed by atoms with Gasteiger partial charge >= 0.3 is 5.97 Å². The molecular formula is C17H14F2N4O4. The van der Waals surface area contributed by atoms with Crippen LogP contribution in [0.2, 0.25) is 0 Å². The van der Waals surface area contributed by atoms with Crippen molar-refractivity contribution in [1.29, 1.82) is 0 Å². The maximum absolute atomic E-state index is 13.3. The molecule has 0 bridgehead atoms. The van der Waals surface area contributed by atoms with Crippen molar-refractivity contribution in [3.05, 3.63) is 47.9 Å². The summed E-state index contributed by atoms with van der Waals surface area (Å²) in [7, 11) is 2.93. The summed E-state index contributed by atoms with van der Waals surface area (Å²) in [6.45, 7) is 0. The van der Waals surface area contributed by atoms with E-state index in [0.29, 0.717) is 17.1 Å². The lowest BCUT2D eigenvalue weighted by atomic mass is 10.1. The second kappa shape index (κ2) is 7.36. The van der Waals surface area contributed by atoms with Crippen molar-refractivity contribution in [2.45, 2.75) is 6.43 Å². The Labute approximate surface area is 152 Å². The number of nitrogens with zero attached hydrogens (tertiary/aromatic N) is 4. The van der Waals surface area contributed by atoms with Crippen LogP contribution >= 0.6 is 0 Å². The van der Waals surface area contributed by atoms with Gasteiger partial charge in [0.2, 0.25) is 0 Å². The van der Waals surface area contributed by atoms with E-state index in [0.717, 1.165) is 10.7 Å². The number of carboxylic acids is 1. The third-order valence-electron chi connectivity index (χ3n) is 3.65. The Morgan fingerprint density at radius 3 is 2.44 bits per heavy atom. The zero-order valence-corrected chi connectivity index (χ0v) is 14.3. The van der Waals surface area contributed by atoms with Crippen LogP contribution in [0.1, 0.15) is 22.6 Å². The zero-order chi connectivity index (χ0) is 19.6. The third-order valence-corrected chi connectivity index (χ3v) is 3.65. The quantitative estimate of drug-likeness (QED) is 0.706. The van der Waals surface area contributed by atoms with Gasteiger partial charge in [0.15, 0.2) is 17.2 Å². The van der Waals surface area contributed by atoms with Gasteiger partial charge in [-0.3, -0.25) is 0 Å². The molecule has 3 aromatic rings. The van der Waals surface area contributed by atoms with Crippen molar-refractivity contribution >= 4 is 5.97 Å². The van der Waals surface area contributed by atoms with E-state index in [2.05, 4.69) is 15.1 Å². The third kappa shape index (κ3) is 3.68. The molecule has 0 radical (unpaired) electrons. The lowest BCUT2D eigenvalue weighted by Gasteiger charge is -2.11. The number of aromatic carboxylic acids is 1. The second-order valence-corrected chi connectivity index (χ2v) is 5.30. The molecule has 1 N–H and O–H groups in total. The number of benzene rings is 1. The molecule has 0 aliphatic carbocycles. The first-order chi connectivity index (χ1) is 12.9. The van der Waals surface area contributed by atoms with Gasteiger partial charge in [-0.15, -0.1) is 0 Å². The minimum atomic E-state index is -2.85. The summed E-state index contributed by atoms with van der Waals surface area (Å²) >= 11 is 0. The molecule has 0 aliphatic rings. The highest BCUT2D eigenvalue weighted by Gasteiger charge is 2.17. The monoisotopic (exact) mass is 376 g/mol. The van der Waals surface area contributed by atoms with E-state index in [-0.39, 0.29) is 17.3 Å². The highest BCUT2D eigenvalue weighted by atomic mass is 19.3. The van der Waals surface area contributed by atoms with E-state index in [1.807, 2.05) is 0 Å². The van der Waals surface area contributed by atoms with Crippen molar-refractivity contribution < 1.29 is 28.2 Å². The highest BCUT2D eigenvalue weighted by Crippen LogP contribution is 2.32. The van der Waals surface area contributed by atoms with Crippen molar-refractivity contribution in [3.8, 4) is 28.7 Å². The lowest BCUT2D eigenvalue weighted by molar-refractivity contribution is 0.0690. The Hall–Kier alpha value is -3.56. The molecule has 27 heavy (non-hydrogen) atoms. The topological polar surface area (TPSA) is 99.4 Å². The van der Waals surface area contributed by atoms with E-state index >= 15 is 0 Å². The van der Waals surface area contributed by atoms with Crippen LogP contribution in [0.15, 0.2) is 36.5 Å². The fraction of sp³-hybridized carbons (Fsp3) is 0.176. The number of ether oxygens (including phenoxy) is 2. The Balaban J connectivity index is 2.13. The molecule has 140 valence electrons. The summed E-state index contributed by atoms with van der Waals surface area (Å²) in [5, 5.41) is 12.7. The van der Waals surface area contributed by atoms with E-state index in [4.69, 9.17) is 14.6 Å². The first kappa shape index (κ1) is 18.2. The number of alkyl halides is 2. The Morgan fingerprint density at radius 1 is 1.11 bits per heavy atom.